The largest absolute Gasteiger partial charge is 0.376 e. The van der Waals surface area contributed by atoms with Gasteiger partial charge in [0, 0.05) is 33.7 Å². The predicted octanol–water partition coefficient (Wildman–Crippen LogP) is 12.7. The van der Waals surface area contributed by atoms with E-state index in [1.54, 1.807) is 0 Å². The summed E-state index contributed by atoms with van der Waals surface area (Å²) in [6, 6.07) is 65.7. The molecule has 0 amide bonds. The van der Waals surface area contributed by atoms with Gasteiger partial charge in [0.05, 0.1) is 5.69 Å². The van der Waals surface area contributed by atoms with Crippen LogP contribution in [0.15, 0.2) is 176 Å². The molecule has 3 heteroatoms. The van der Waals surface area contributed by atoms with Crippen LogP contribution in [0, 0.1) is 13.8 Å². The molecular weight excluding hydrogens is 675 g/mol. The summed E-state index contributed by atoms with van der Waals surface area (Å²) in [6.45, 7) is 9.25. The first-order chi connectivity index (χ1) is 27.4. The topological polar surface area (TPSA) is 6.48 Å². The molecule has 0 saturated heterocycles. The molecule has 0 atom stereocenters. The molecule has 8 aromatic carbocycles. The van der Waals surface area contributed by atoms with Gasteiger partial charge in [0.15, 0.2) is 0 Å². The third-order valence-electron chi connectivity index (χ3n) is 12.7. The lowest BCUT2D eigenvalue weighted by Crippen LogP contribution is -2.62. The van der Waals surface area contributed by atoms with Crippen LogP contribution in [0.1, 0.15) is 36.1 Å². The third kappa shape index (κ3) is 4.70. The van der Waals surface area contributed by atoms with Crippen molar-refractivity contribution in [1.82, 2.24) is 0 Å². The Morgan fingerprint density at radius 1 is 0.446 bits per heavy atom. The molecule has 2 nitrogen and oxygen atoms in total. The van der Waals surface area contributed by atoms with Crippen molar-refractivity contribution in [3.63, 3.8) is 0 Å². The number of nitrogens with zero attached hydrogens (tertiary/aromatic N) is 2. The maximum atomic E-state index is 2.64. The lowest BCUT2D eigenvalue weighted by Gasteiger charge is -2.50. The number of hydrogen-bond acceptors (Lipinski definition) is 2. The monoisotopic (exact) mass is 716 g/mol. The lowest BCUT2D eigenvalue weighted by atomic mass is 9.42. The molecule has 3 heterocycles. The van der Waals surface area contributed by atoms with Gasteiger partial charge in [0.1, 0.15) is 0 Å². The Balaban J connectivity index is 1.28. The van der Waals surface area contributed by atoms with E-state index in [1.807, 2.05) is 0 Å². The highest BCUT2D eigenvalue weighted by Gasteiger charge is 2.49. The van der Waals surface area contributed by atoms with Crippen LogP contribution >= 0.6 is 0 Å². The normalized spacial score (nSPS) is 14.1. The summed E-state index contributed by atoms with van der Waals surface area (Å²) in [5.41, 5.74) is 24.0. The Labute approximate surface area is 330 Å². The lowest BCUT2D eigenvalue weighted by molar-refractivity contribution is 0.632. The van der Waals surface area contributed by atoms with Crippen LogP contribution in [-0.4, -0.2) is 6.85 Å². The smallest absolute Gasteiger partial charge is 0.333 e. The van der Waals surface area contributed by atoms with E-state index in [0.717, 1.165) is 0 Å². The maximum absolute atomic E-state index is 2.64. The SMILES string of the molecule is Cc1cccc(C)c1-c1cc2c3c(c1)N1c4ccccc4C(C)(C)c4cccc(c41)B3N(c1cccc(-c3ccccc3)c1)c1ccc(-c3ccccc3)cc1-2. The molecule has 0 bridgehead atoms. The minimum atomic E-state index is -0.182. The van der Waals surface area contributed by atoms with Gasteiger partial charge in [-0.25, -0.2) is 0 Å². The van der Waals surface area contributed by atoms with Crippen LogP contribution < -0.4 is 20.6 Å². The molecule has 0 fully saturated rings. The molecule has 0 spiro atoms. The fraction of sp³-hybridized carbons (Fsp3) is 0.0943. The summed E-state index contributed by atoms with van der Waals surface area (Å²) in [7, 11) is 0. The molecule has 0 unspecified atom stereocenters. The number of hydrogen-bond donors (Lipinski definition) is 0. The molecule has 11 rings (SSSR count). The molecule has 266 valence electrons. The number of anilines is 5. The average Bonchev–Trinajstić information content (AvgIpc) is 3.23. The summed E-state index contributed by atoms with van der Waals surface area (Å²) in [4.78, 5) is 5.25. The molecular formula is C53H41BN2. The van der Waals surface area contributed by atoms with Gasteiger partial charge >= 0.3 is 6.85 Å². The Bertz CT molecular complexity index is 2850. The Morgan fingerprint density at radius 3 is 1.80 bits per heavy atom. The summed E-state index contributed by atoms with van der Waals surface area (Å²) in [6.07, 6.45) is 0. The van der Waals surface area contributed by atoms with Crippen molar-refractivity contribution in [3.8, 4) is 44.5 Å². The van der Waals surface area contributed by atoms with Crippen molar-refractivity contribution < 1.29 is 0 Å². The van der Waals surface area contributed by atoms with E-state index in [2.05, 4.69) is 213 Å². The van der Waals surface area contributed by atoms with Crippen LogP contribution in [0.25, 0.3) is 44.5 Å². The van der Waals surface area contributed by atoms with E-state index in [0.29, 0.717) is 0 Å². The molecule has 56 heavy (non-hydrogen) atoms. The highest BCUT2D eigenvalue weighted by molar-refractivity contribution is 6.93. The maximum Gasteiger partial charge on any atom is 0.333 e. The van der Waals surface area contributed by atoms with Gasteiger partial charge < -0.3 is 9.71 Å². The molecule has 3 aliphatic heterocycles. The summed E-state index contributed by atoms with van der Waals surface area (Å²) < 4.78 is 0. The van der Waals surface area contributed by atoms with Gasteiger partial charge in [-0.1, -0.05) is 147 Å². The van der Waals surface area contributed by atoms with Gasteiger partial charge in [0.2, 0.25) is 0 Å². The minimum absolute atomic E-state index is 0.0552. The highest BCUT2D eigenvalue weighted by Crippen LogP contribution is 2.55. The van der Waals surface area contributed by atoms with Gasteiger partial charge in [-0.05, 0) is 128 Å². The zero-order valence-electron chi connectivity index (χ0n) is 32.2. The number of fused-ring (bicyclic) bond motifs is 6. The summed E-state index contributed by atoms with van der Waals surface area (Å²) in [5.74, 6) is 0. The molecule has 0 radical (unpaired) electrons. The Kier molecular flexibility index (Phi) is 7.16. The van der Waals surface area contributed by atoms with Crippen molar-refractivity contribution in [2.24, 2.45) is 0 Å². The van der Waals surface area contributed by atoms with Crippen LogP contribution in [0.2, 0.25) is 0 Å². The Morgan fingerprint density at radius 2 is 1.05 bits per heavy atom. The number of benzene rings is 8. The van der Waals surface area contributed by atoms with E-state index < -0.39 is 0 Å². The van der Waals surface area contributed by atoms with E-state index >= 15 is 0 Å². The minimum Gasteiger partial charge on any atom is -0.376 e. The zero-order valence-corrected chi connectivity index (χ0v) is 32.2. The van der Waals surface area contributed by atoms with Crippen molar-refractivity contribution in [2.75, 3.05) is 9.71 Å². The summed E-state index contributed by atoms with van der Waals surface area (Å²) in [5, 5.41) is 0. The van der Waals surface area contributed by atoms with E-state index in [9.17, 15) is 0 Å². The number of rotatable bonds is 4. The van der Waals surface area contributed by atoms with Gasteiger partial charge in [-0.2, -0.15) is 0 Å². The highest BCUT2D eigenvalue weighted by atomic mass is 15.2. The Hall–Kier alpha value is -6.58. The first-order valence-corrected chi connectivity index (χ1v) is 19.8. The van der Waals surface area contributed by atoms with Crippen LogP contribution in [0.3, 0.4) is 0 Å². The second kappa shape index (κ2) is 12.2. The molecule has 8 aromatic rings. The molecule has 0 N–H and O–H groups in total. The third-order valence-corrected chi connectivity index (χ3v) is 12.7. The molecule has 3 aliphatic rings. The van der Waals surface area contributed by atoms with Crippen molar-refractivity contribution >= 4 is 46.2 Å². The molecule has 0 aromatic heterocycles. The van der Waals surface area contributed by atoms with E-state index in [-0.39, 0.29) is 12.3 Å². The fourth-order valence-electron chi connectivity index (χ4n) is 10.1. The predicted molar refractivity (Wildman–Crippen MR) is 238 cm³/mol. The van der Waals surface area contributed by atoms with Gasteiger partial charge in [-0.15, -0.1) is 0 Å². The van der Waals surface area contributed by atoms with Gasteiger partial charge in [0.25, 0.3) is 0 Å². The molecule has 0 saturated carbocycles. The van der Waals surface area contributed by atoms with Crippen LogP contribution in [0.5, 0.6) is 0 Å². The zero-order chi connectivity index (χ0) is 37.7. The van der Waals surface area contributed by atoms with E-state index in [1.165, 1.54) is 106 Å². The van der Waals surface area contributed by atoms with Crippen molar-refractivity contribution in [2.45, 2.75) is 33.1 Å². The van der Waals surface area contributed by atoms with Crippen LogP contribution in [-0.2, 0) is 5.41 Å². The van der Waals surface area contributed by atoms with E-state index in [4.69, 9.17) is 0 Å². The molecule has 0 aliphatic carbocycles. The van der Waals surface area contributed by atoms with Crippen LogP contribution in [0.4, 0.5) is 28.4 Å². The quantitative estimate of drug-likeness (QED) is 0.167. The standard InChI is InChI=1S/C53H41BN2/c1-34-16-13-17-35(2)50(34)40-32-43-42-31-39(37-20-9-6-10-21-37)28-29-47(42)56(41-23-14-22-38(30-41)36-18-7-5-8-19-36)54-46-26-15-25-45-52(46)55(49(33-40)51(43)54)48-27-12-11-24-44(48)53(45,3)4/h5-33H,1-4H3. The first-order valence-electron chi connectivity index (χ1n) is 19.8. The number of para-hydroxylation sites is 2. The van der Waals surface area contributed by atoms with Crippen molar-refractivity contribution in [1.29, 1.82) is 0 Å². The first kappa shape index (κ1) is 32.8. The average molecular weight is 717 g/mol. The summed E-state index contributed by atoms with van der Waals surface area (Å²) >= 11 is 0. The second-order valence-electron chi connectivity index (χ2n) is 16.2. The second-order valence-corrected chi connectivity index (χ2v) is 16.2. The van der Waals surface area contributed by atoms with Crippen molar-refractivity contribution in [3.05, 3.63) is 198 Å². The van der Waals surface area contributed by atoms with Gasteiger partial charge in [-0.3, -0.25) is 0 Å². The fourth-order valence-corrected chi connectivity index (χ4v) is 10.1. The number of aryl methyl sites for hydroxylation is 2.